The molecule has 3 aromatic carbocycles. The average Bonchev–Trinajstić information content (AvgIpc) is 3.44. The van der Waals surface area contributed by atoms with Gasteiger partial charge in [0.2, 0.25) is 10.0 Å². The van der Waals surface area contributed by atoms with Gasteiger partial charge in [-0.1, -0.05) is 60.7 Å². The van der Waals surface area contributed by atoms with Crippen LogP contribution in [0.2, 0.25) is 0 Å². The maximum Gasteiger partial charge on any atom is 0.260 e. The zero-order valence-corrected chi connectivity index (χ0v) is 25.2. The van der Waals surface area contributed by atoms with Gasteiger partial charge in [-0.15, -0.1) is 0 Å². The van der Waals surface area contributed by atoms with Crippen LogP contribution in [0.1, 0.15) is 34.8 Å². The lowest BCUT2D eigenvalue weighted by Gasteiger charge is -2.27. The molecule has 1 fully saturated rings. The molecule has 5 rings (SSSR count). The van der Waals surface area contributed by atoms with Gasteiger partial charge in [-0.3, -0.25) is 14.6 Å². The Labute approximate surface area is 246 Å². The first-order chi connectivity index (χ1) is 19.9. The molecule has 1 aliphatic heterocycles. The molecule has 216 valence electrons. The van der Waals surface area contributed by atoms with E-state index in [4.69, 9.17) is 9.72 Å². The van der Waals surface area contributed by atoms with Gasteiger partial charge in [-0.05, 0) is 54.3 Å². The molecular weight excluding hydrogens is 556 g/mol. The number of nitrogens with zero attached hydrogens (tertiary/aromatic N) is 4. The standard InChI is InChI=1S/C31H36N4O4S2/c1-3-25-11-7-12-28-29(25)32-31(40-28)35(18-8-17-34-19-21-39-22-20-34)30(36)26-13-15-27(16-14-26)41(37,38)33(2)23-24-9-5-4-6-10-24/h4-7,9-16H,3,8,17-23H2,1-2H3. The van der Waals surface area contributed by atoms with Gasteiger partial charge in [0.05, 0.1) is 28.3 Å². The van der Waals surface area contributed by atoms with Crippen LogP contribution in [0.15, 0.2) is 77.7 Å². The highest BCUT2D eigenvalue weighted by atomic mass is 32.2. The lowest BCUT2D eigenvalue weighted by Crippen LogP contribution is -2.39. The number of carbonyl (C=O) groups is 1. The van der Waals surface area contributed by atoms with E-state index in [0.29, 0.717) is 17.2 Å². The largest absolute Gasteiger partial charge is 0.379 e. The number of anilines is 1. The molecule has 4 aromatic rings. The van der Waals surface area contributed by atoms with Crippen LogP contribution in [0, 0.1) is 0 Å². The number of para-hydroxylation sites is 1. The van der Waals surface area contributed by atoms with Crippen molar-refractivity contribution in [1.82, 2.24) is 14.2 Å². The lowest BCUT2D eigenvalue weighted by molar-refractivity contribution is 0.0376. The fourth-order valence-electron chi connectivity index (χ4n) is 4.99. The fraction of sp³-hybridized carbons (Fsp3) is 0.355. The summed E-state index contributed by atoms with van der Waals surface area (Å²) < 4.78 is 34.3. The first-order valence-electron chi connectivity index (χ1n) is 14.0. The van der Waals surface area contributed by atoms with Crippen LogP contribution in [0.3, 0.4) is 0 Å². The number of benzene rings is 3. The van der Waals surface area contributed by atoms with Gasteiger partial charge >= 0.3 is 0 Å². The van der Waals surface area contributed by atoms with Crippen LogP contribution < -0.4 is 4.90 Å². The molecule has 0 bridgehead atoms. The van der Waals surface area contributed by atoms with Crippen molar-refractivity contribution in [3.8, 4) is 0 Å². The number of morpholine rings is 1. The minimum atomic E-state index is -3.72. The summed E-state index contributed by atoms with van der Waals surface area (Å²) in [7, 11) is -2.16. The van der Waals surface area contributed by atoms with Gasteiger partial charge in [0.1, 0.15) is 0 Å². The Morgan fingerprint density at radius 1 is 1.00 bits per heavy atom. The number of amides is 1. The third kappa shape index (κ3) is 6.85. The van der Waals surface area contributed by atoms with E-state index in [1.165, 1.54) is 27.8 Å². The molecule has 0 atom stereocenters. The summed E-state index contributed by atoms with van der Waals surface area (Å²) in [5, 5.41) is 0.659. The lowest BCUT2D eigenvalue weighted by atomic mass is 10.1. The van der Waals surface area contributed by atoms with E-state index in [1.807, 2.05) is 42.5 Å². The topological polar surface area (TPSA) is 83.0 Å². The summed E-state index contributed by atoms with van der Waals surface area (Å²) in [4.78, 5) is 23.0. The van der Waals surface area contributed by atoms with Crippen LogP contribution in [-0.2, 0) is 27.7 Å². The van der Waals surface area contributed by atoms with E-state index < -0.39 is 10.0 Å². The molecule has 0 radical (unpaired) electrons. The number of ether oxygens (including phenoxy) is 1. The molecule has 2 heterocycles. The molecule has 0 unspecified atom stereocenters. The van der Waals surface area contributed by atoms with Crippen molar-refractivity contribution < 1.29 is 17.9 Å². The molecule has 1 aliphatic rings. The Bertz CT molecular complexity index is 1570. The first-order valence-corrected chi connectivity index (χ1v) is 16.2. The van der Waals surface area contributed by atoms with Crippen molar-refractivity contribution in [2.24, 2.45) is 0 Å². The van der Waals surface area contributed by atoms with E-state index in [-0.39, 0.29) is 17.3 Å². The molecule has 0 spiro atoms. The maximum atomic E-state index is 13.9. The quantitative estimate of drug-likeness (QED) is 0.243. The van der Waals surface area contributed by atoms with E-state index in [1.54, 1.807) is 24.1 Å². The van der Waals surface area contributed by atoms with Crippen molar-refractivity contribution in [1.29, 1.82) is 0 Å². The van der Waals surface area contributed by atoms with Crippen molar-refractivity contribution in [3.05, 3.63) is 89.5 Å². The predicted molar refractivity (Wildman–Crippen MR) is 164 cm³/mol. The number of thiazole rings is 1. The zero-order valence-electron chi connectivity index (χ0n) is 23.5. The summed E-state index contributed by atoms with van der Waals surface area (Å²) in [6.07, 6.45) is 1.65. The Kier molecular flexibility index (Phi) is 9.46. The van der Waals surface area contributed by atoms with E-state index in [9.17, 15) is 13.2 Å². The van der Waals surface area contributed by atoms with E-state index in [0.717, 1.165) is 67.0 Å². The van der Waals surface area contributed by atoms with Crippen molar-refractivity contribution in [2.75, 3.05) is 51.3 Å². The van der Waals surface area contributed by atoms with Gasteiger partial charge in [0, 0.05) is 45.3 Å². The normalized spacial score (nSPS) is 14.5. The minimum Gasteiger partial charge on any atom is -0.379 e. The van der Waals surface area contributed by atoms with Crippen molar-refractivity contribution >= 4 is 42.6 Å². The second-order valence-corrected chi connectivity index (χ2v) is 13.2. The molecule has 1 saturated heterocycles. The molecule has 1 amide bonds. The number of fused-ring (bicyclic) bond motifs is 1. The highest BCUT2D eigenvalue weighted by molar-refractivity contribution is 7.89. The molecule has 0 saturated carbocycles. The summed E-state index contributed by atoms with van der Waals surface area (Å²) in [6.45, 7) is 6.99. The molecule has 0 aliphatic carbocycles. The smallest absolute Gasteiger partial charge is 0.260 e. The number of hydrogen-bond acceptors (Lipinski definition) is 7. The average molecular weight is 593 g/mol. The summed E-state index contributed by atoms with van der Waals surface area (Å²) in [6, 6.07) is 21.8. The molecule has 8 nitrogen and oxygen atoms in total. The fourth-order valence-corrected chi connectivity index (χ4v) is 7.18. The number of aryl methyl sites for hydroxylation is 1. The van der Waals surface area contributed by atoms with Crippen molar-refractivity contribution in [3.63, 3.8) is 0 Å². The van der Waals surface area contributed by atoms with Gasteiger partial charge in [-0.2, -0.15) is 4.31 Å². The number of sulfonamides is 1. The van der Waals surface area contributed by atoms with Crippen LogP contribution in [-0.4, -0.2) is 75.0 Å². The Hall–Kier alpha value is -3.15. The Balaban J connectivity index is 1.37. The number of rotatable bonds is 11. The van der Waals surface area contributed by atoms with Crippen LogP contribution in [0.4, 0.5) is 5.13 Å². The minimum absolute atomic E-state index is 0.152. The van der Waals surface area contributed by atoms with Gasteiger partial charge in [0.25, 0.3) is 5.91 Å². The maximum absolute atomic E-state index is 13.9. The summed E-state index contributed by atoms with van der Waals surface area (Å²) in [5.74, 6) is -0.189. The summed E-state index contributed by atoms with van der Waals surface area (Å²) in [5.41, 5.74) is 3.42. The molecule has 0 N–H and O–H groups in total. The molecule has 41 heavy (non-hydrogen) atoms. The molecule has 1 aromatic heterocycles. The molecular formula is C31H36N4O4S2. The number of carbonyl (C=O) groups excluding carboxylic acids is 1. The Morgan fingerprint density at radius 2 is 1.73 bits per heavy atom. The van der Waals surface area contributed by atoms with Crippen molar-refractivity contribution in [2.45, 2.75) is 31.2 Å². The number of aromatic nitrogens is 1. The van der Waals surface area contributed by atoms with Gasteiger partial charge in [-0.25, -0.2) is 13.4 Å². The SMILES string of the molecule is CCc1cccc2sc(N(CCCN3CCOCC3)C(=O)c3ccc(S(=O)(=O)N(C)Cc4ccccc4)cc3)nc12. The van der Waals surface area contributed by atoms with Crippen LogP contribution >= 0.6 is 11.3 Å². The third-order valence-corrected chi connectivity index (χ3v) is 10.2. The van der Waals surface area contributed by atoms with Gasteiger partial charge < -0.3 is 4.74 Å². The summed E-state index contributed by atoms with van der Waals surface area (Å²) >= 11 is 1.51. The predicted octanol–water partition coefficient (Wildman–Crippen LogP) is 5.05. The van der Waals surface area contributed by atoms with Crippen LogP contribution in [0.25, 0.3) is 10.2 Å². The van der Waals surface area contributed by atoms with Gasteiger partial charge in [0.15, 0.2) is 5.13 Å². The van der Waals surface area contributed by atoms with E-state index in [2.05, 4.69) is 17.9 Å². The third-order valence-electron chi connectivity index (χ3n) is 7.37. The highest BCUT2D eigenvalue weighted by Crippen LogP contribution is 2.32. The number of hydrogen-bond donors (Lipinski definition) is 0. The van der Waals surface area contributed by atoms with E-state index >= 15 is 0 Å². The second kappa shape index (κ2) is 13.2. The second-order valence-electron chi connectivity index (χ2n) is 10.1. The molecule has 10 heteroatoms. The first kappa shape index (κ1) is 29.3. The Morgan fingerprint density at radius 3 is 2.44 bits per heavy atom. The highest BCUT2D eigenvalue weighted by Gasteiger charge is 2.25. The van der Waals surface area contributed by atoms with Crippen LogP contribution in [0.5, 0.6) is 0 Å². The monoisotopic (exact) mass is 592 g/mol. The zero-order chi connectivity index (χ0) is 28.8.